The van der Waals surface area contributed by atoms with Crippen molar-refractivity contribution in [3.8, 4) is 0 Å². The molecule has 1 saturated heterocycles. The van der Waals surface area contributed by atoms with Gasteiger partial charge in [-0.15, -0.1) is 11.3 Å². The molecule has 1 unspecified atom stereocenters. The van der Waals surface area contributed by atoms with E-state index in [4.69, 9.17) is 0 Å². The quantitative estimate of drug-likeness (QED) is 0.671. The van der Waals surface area contributed by atoms with Crippen molar-refractivity contribution in [2.24, 2.45) is 0 Å². The molecule has 0 N–H and O–H groups in total. The van der Waals surface area contributed by atoms with Gasteiger partial charge in [-0.2, -0.15) is 0 Å². The van der Waals surface area contributed by atoms with Gasteiger partial charge in [-0.1, -0.05) is 26.0 Å². The number of thiophene rings is 1. The standard InChI is InChI=1S/C21H24N4OS/c1-14(2)15-6-4-7-16(12-15)24(3)21(26)18-8-5-10-25(18)19-17-9-11-27-20(17)23-13-22-19/h4,6-7,9,11-14,18H,5,8,10H2,1-3H3. The first-order valence-electron chi connectivity index (χ1n) is 9.38. The minimum Gasteiger partial charge on any atom is -0.344 e. The lowest BCUT2D eigenvalue weighted by Gasteiger charge is -2.29. The first-order chi connectivity index (χ1) is 13.1. The first-order valence-corrected chi connectivity index (χ1v) is 10.3. The maximum atomic E-state index is 13.3. The molecule has 4 rings (SSSR count). The predicted octanol–water partition coefficient (Wildman–Crippen LogP) is 4.45. The van der Waals surface area contributed by atoms with Gasteiger partial charge in [0.15, 0.2) is 0 Å². The number of carbonyl (C=O) groups is 1. The van der Waals surface area contributed by atoms with Crippen LogP contribution in [-0.4, -0.2) is 35.5 Å². The van der Waals surface area contributed by atoms with Crippen molar-refractivity contribution >= 4 is 39.0 Å². The number of aromatic nitrogens is 2. The number of fused-ring (bicyclic) bond motifs is 1. The molecule has 2 aromatic heterocycles. The van der Waals surface area contributed by atoms with Gasteiger partial charge < -0.3 is 9.80 Å². The van der Waals surface area contributed by atoms with Crippen molar-refractivity contribution in [1.82, 2.24) is 9.97 Å². The molecular formula is C21H24N4OS. The van der Waals surface area contributed by atoms with Crippen molar-refractivity contribution in [3.05, 3.63) is 47.6 Å². The smallest absolute Gasteiger partial charge is 0.249 e. The molecule has 0 spiro atoms. The van der Waals surface area contributed by atoms with Crippen LogP contribution in [0.1, 0.15) is 38.2 Å². The summed E-state index contributed by atoms with van der Waals surface area (Å²) in [5.41, 5.74) is 2.19. The highest BCUT2D eigenvalue weighted by atomic mass is 32.1. The molecule has 6 heteroatoms. The summed E-state index contributed by atoms with van der Waals surface area (Å²) in [6, 6.07) is 10.1. The normalized spacial score (nSPS) is 17.0. The van der Waals surface area contributed by atoms with Crippen LogP contribution >= 0.6 is 11.3 Å². The molecule has 0 aliphatic carbocycles. The number of nitrogens with zero attached hydrogens (tertiary/aromatic N) is 4. The second-order valence-electron chi connectivity index (χ2n) is 7.34. The lowest BCUT2D eigenvalue weighted by Crippen LogP contribution is -2.44. The average molecular weight is 381 g/mol. The lowest BCUT2D eigenvalue weighted by atomic mass is 10.0. The number of likely N-dealkylation sites (N-methyl/N-ethyl adjacent to an activating group) is 1. The Balaban J connectivity index is 1.63. The van der Waals surface area contributed by atoms with Crippen LogP contribution in [0.3, 0.4) is 0 Å². The Bertz CT molecular complexity index is 967. The molecule has 5 nitrogen and oxygen atoms in total. The van der Waals surface area contributed by atoms with Crippen LogP contribution in [0.2, 0.25) is 0 Å². The van der Waals surface area contributed by atoms with Crippen molar-refractivity contribution in [1.29, 1.82) is 0 Å². The monoisotopic (exact) mass is 380 g/mol. The Hall–Kier alpha value is -2.47. The van der Waals surface area contributed by atoms with E-state index >= 15 is 0 Å². The van der Waals surface area contributed by atoms with E-state index in [1.165, 1.54) is 5.56 Å². The fourth-order valence-corrected chi connectivity index (χ4v) is 4.45. The van der Waals surface area contributed by atoms with Gasteiger partial charge in [0.05, 0.1) is 5.39 Å². The van der Waals surface area contributed by atoms with E-state index in [1.807, 2.05) is 30.6 Å². The van der Waals surface area contributed by atoms with Gasteiger partial charge in [-0.25, -0.2) is 9.97 Å². The van der Waals surface area contributed by atoms with Crippen LogP contribution in [0.15, 0.2) is 42.0 Å². The van der Waals surface area contributed by atoms with E-state index in [-0.39, 0.29) is 11.9 Å². The number of carbonyl (C=O) groups excluding carboxylic acids is 1. The van der Waals surface area contributed by atoms with E-state index in [0.29, 0.717) is 5.92 Å². The SMILES string of the molecule is CC(C)c1cccc(N(C)C(=O)C2CCCN2c2ncnc3sccc23)c1. The molecule has 0 bridgehead atoms. The minimum atomic E-state index is -0.185. The Morgan fingerprint density at radius 3 is 2.96 bits per heavy atom. The summed E-state index contributed by atoms with van der Waals surface area (Å²) < 4.78 is 0. The molecule has 1 aliphatic rings. The van der Waals surface area contributed by atoms with E-state index < -0.39 is 0 Å². The molecule has 1 fully saturated rings. The molecule has 3 heterocycles. The predicted molar refractivity (Wildman–Crippen MR) is 112 cm³/mol. The topological polar surface area (TPSA) is 49.3 Å². The van der Waals surface area contributed by atoms with Crippen molar-refractivity contribution < 1.29 is 4.79 Å². The number of hydrogen-bond acceptors (Lipinski definition) is 5. The molecule has 1 amide bonds. The summed E-state index contributed by atoms with van der Waals surface area (Å²) in [4.78, 5) is 27.1. The lowest BCUT2D eigenvalue weighted by molar-refractivity contribution is -0.119. The van der Waals surface area contributed by atoms with E-state index in [0.717, 1.165) is 41.1 Å². The van der Waals surface area contributed by atoms with Crippen LogP contribution in [0.4, 0.5) is 11.5 Å². The Labute approximate surface area is 163 Å². The summed E-state index contributed by atoms with van der Waals surface area (Å²) in [6.45, 7) is 5.18. The van der Waals surface area contributed by atoms with Gasteiger partial charge in [0, 0.05) is 19.3 Å². The van der Waals surface area contributed by atoms with Crippen LogP contribution in [0.5, 0.6) is 0 Å². The molecule has 1 atom stereocenters. The molecule has 140 valence electrons. The third-order valence-electron chi connectivity index (χ3n) is 5.31. The van der Waals surface area contributed by atoms with Crippen molar-refractivity contribution in [2.75, 3.05) is 23.4 Å². The minimum absolute atomic E-state index is 0.121. The van der Waals surface area contributed by atoms with Crippen LogP contribution in [0, 0.1) is 0 Å². The van der Waals surface area contributed by atoms with E-state index in [1.54, 1.807) is 22.6 Å². The summed E-state index contributed by atoms with van der Waals surface area (Å²) in [6.07, 6.45) is 3.44. The fourth-order valence-electron chi connectivity index (χ4n) is 3.73. The summed E-state index contributed by atoms with van der Waals surface area (Å²) in [5, 5.41) is 3.06. The van der Waals surface area contributed by atoms with Gasteiger partial charge in [0.1, 0.15) is 23.0 Å². The van der Waals surface area contributed by atoms with Gasteiger partial charge in [-0.05, 0) is 47.9 Å². The maximum Gasteiger partial charge on any atom is 0.249 e. The Kier molecular flexibility index (Phi) is 4.83. The molecule has 3 aromatic rings. The third-order valence-corrected chi connectivity index (χ3v) is 6.13. The van der Waals surface area contributed by atoms with Gasteiger partial charge >= 0.3 is 0 Å². The Morgan fingerprint density at radius 1 is 1.30 bits per heavy atom. The summed E-state index contributed by atoms with van der Waals surface area (Å²) in [5.74, 6) is 1.43. The first kappa shape index (κ1) is 17.9. The highest BCUT2D eigenvalue weighted by molar-refractivity contribution is 7.16. The second-order valence-corrected chi connectivity index (χ2v) is 8.23. The summed E-state index contributed by atoms with van der Waals surface area (Å²) >= 11 is 1.60. The van der Waals surface area contributed by atoms with Crippen LogP contribution < -0.4 is 9.80 Å². The fraction of sp³-hybridized carbons (Fsp3) is 0.381. The Morgan fingerprint density at radius 2 is 2.15 bits per heavy atom. The number of benzene rings is 1. The van der Waals surface area contributed by atoms with E-state index in [2.05, 4.69) is 40.8 Å². The zero-order valence-corrected chi connectivity index (χ0v) is 16.7. The molecule has 27 heavy (non-hydrogen) atoms. The molecule has 0 saturated carbocycles. The van der Waals surface area contributed by atoms with Gasteiger partial charge in [-0.3, -0.25) is 4.79 Å². The number of amides is 1. The number of anilines is 2. The summed E-state index contributed by atoms with van der Waals surface area (Å²) in [7, 11) is 1.87. The number of hydrogen-bond donors (Lipinski definition) is 0. The van der Waals surface area contributed by atoms with Crippen molar-refractivity contribution in [2.45, 2.75) is 38.6 Å². The zero-order chi connectivity index (χ0) is 19.0. The van der Waals surface area contributed by atoms with Crippen molar-refractivity contribution in [3.63, 3.8) is 0 Å². The zero-order valence-electron chi connectivity index (χ0n) is 15.9. The van der Waals surface area contributed by atoms with Crippen LogP contribution in [0.25, 0.3) is 10.2 Å². The molecule has 0 radical (unpaired) electrons. The maximum absolute atomic E-state index is 13.3. The highest BCUT2D eigenvalue weighted by Gasteiger charge is 2.35. The largest absolute Gasteiger partial charge is 0.344 e. The van der Waals surface area contributed by atoms with Gasteiger partial charge in [0.25, 0.3) is 0 Å². The van der Waals surface area contributed by atoms with Crippen LogP contribution in [-0.2, 0) is 4.79 Å². The molecule has 1 aliphatic heterocycles. The molecular weight excluding hydrogens is 356 g/mol. The molecule has 1 aromatic carbocycles. The number of rotatable bonds is 4. The van der Waals surface area contributed by atoms with Gasteiger partial charge in [0.2, 0.25) is 5.91 Å². The average Bonchev–Trinajstić information content (AvgIpc) is 3.35. The van der Waals surface area contributed by atoms with E-state index in [9.17, 15) is 4.79 Å². The second kappa shape index (κ2) is 7.27. The third kappa shape index (κ3) is 3.30. The highest BCUT2D eigenvalue weighted by Crippen LogP contribution is 2.33.